The van der Waals surface area contributed by atoms with Gasteiger partial charge >= 0.3 is 0 Å². The van der Waals surface area contributed by atoms with Crippen LogP contribution in [0.5, 0.6) is 5.75 Å². The first kappa shape index (κ1) is 26.3. The zero-order valence-electron chi connectivity index (χ0n) is 21.4. The third-order valence-electron chi connectivity index (χ3n) is 6.37. The molecule has 1 amide bonds. The molecule has 0 bridgehead atoms. The summed E-state index contributed by atoms with van der Waals surface area (Å²) < 4.78 is 39.9. The molecule has 1 aromatic heterocycles. The molecule has 38 heavy (non-hydrogen) atoms. The minimum Gasteiger partial charge on any atom is -0.497 e. The van der Waals surface area contributed by atoms with Crippen molar-refractivity contribution in [3.8, 4) is 5.75 Å². The number of sulfonamides is 1. The Kier molecular flexibility index (Phi) is 7.49. The molecule has 0 radical (unpaired) electrons. The Labute approximate surface area is 226 Å². The molecule has 10 heteroatoms. The Balaban J connectivity index is 1.45. The molecule has 3 aromatic carbocycles. The molecule has 2 atom stereocenters. The van der Waals surface area contributed by atoms with Crippen molar-refractivity contribution in [2.75, 3.05) is 25.1 Å². The fraction of sp³-hybridized carbons (Fsp3) is 0.286. The Morgan fingerprint density at radius 1 is 1.05 bits per heavy atom. The largest absolute Gasteiger partial charge is 0.497 e. The lowest BCUT2D eigenvalue weighted by atomic mass is 10.1. The summed E-state index contributed by atoms with van der Waals surface area (Å²) in [5.41, 5.74) is 2.10. The van der Waals surface area contributed by atoms with Gasteiger partial charge < -0.3 is 9.47 Å². The van der Waals surface area contributed by atoms with Crippen LogP contribution in [0.15, 0.2) is 77.7 Å². The maximum absolute atomic E-state index is 13.8. The summed E-state index contributed by atoms with van der Waals surface area (Å²) in [6.07, 6.45) is -0.371. The van der Waals surface area contributed by atoms with Gasteiger partial charge in [0.05, 0.1) is 41.0 Å². The van der Waals surface area contributed by atoms with Gasteiger partial charge in [0, 0.05) is 18.7 Å². The second-order valence-electron chi connectivity index (χ2n) is 9.31. The summed E-state index contributed by atoms with van der Waals surface area (Å²) in [4.78, 5) is 20.3. The number of hydrogen-bond acceptors (Lipinski definition) is 7. The summed E-state index contributed by atoms with van der Waals surface area (Å²) in [6, 6.07) is 21.4. The van der Waals surface area contributed by atoms with E-state index in [1.807, 2.05) is 62.4 Å². The summed E-state index contributed by atoms with van der Waals surface area (Å²) >= 11 is 1.40. The van der Waals surface area contributed by atoms with Crippen LogP contribution in [0.3, 0.4) is 0 Å². The summed E-state index contributed by atoms with van der Waals surface area (Å²) in [5, 5.41) is 0.551. The highest BCUT2D eigenvalue weighted by molar-refractivity contribution is 7.89. The van der Waals surface area contributed by atoms with Gasteiger partial charge in [0.15, 0.2) is 5.13 Å². The van der Waals surface area contributed by atoms with Crippen LogP contribution in [0, 0.1) is 0 Å². The number of morpholine rings is 1. The second-order valence-corrected chi connectivity index (χ2v) is 12.3. The Hall–Kier alpha value is -3.31. The number of aromatic nitrogens is 1. The Bertz CT molecular complexity index is 1530. The molecule has 1 saturated heterocycles. The molecule has 0 saturated carbocycles. The molecule has 4 aromatic rings. The average Bonchev–Trinajstić information content (AvgIpc) is 3.34. The van der Waals surface area contributed by atoms with Crippen LogP contribution in [-0.4, -0.2) is 56.0 Å². The van der Waals surface area contributed by atoms with E-state index in [1.54, 1.807) is 24.1 Å². The topological polar surface area (TPSA) is 89.0 Å². The van der Waals surface area contributed by atoms with E-state index in [2.05, 4.69) is 0 Å². The molecule has 0 aliphatic carbocycles. The number of methoxy groups -OCH3 is 1. The van der Waals surface area contributed by atoms with E-state index in [0.29, 0.717) is 30.3 Å². The van der Waals surface area contributed by atoms with Crippen molar-refractivity contribution in [3.63, 3.8) is 0 Å². The van der Waals surface area contributed by atoms with E-state index in [-0.39, 0.29) is 23.0 Å². The van der Waals surface area contributed by atoms with Crippen LogP contribution in [0.4, 0.5) is 5.13 Å². The molecular weight excluding hydrogens is 522 g/mol. The standard InChI is InChI=1S/C28H29N3O5S2/c1-19-16-30(17-20(2)36-19)38(33,34)24-12-9-22(10-13-24)27(32)31(18-21-7-5-4-6-8-21)28-29-25-14-11-23(35-3)15-26(25)37-28/h4-15,19-20H,16-18H2,1-3H3. The maximum Gasteiger partial charge on any atom is 0.260 e. The van der Waals surface area contributed by atoms with Crippen molar-refractivity contribution in [2.24, 2.45) is 0 Å². The highest BCUT2D eigenvalue weighted by Gasteiger charge is 2.32. The molecule has 5 rings (SSSR count). The monoisotopic (exact) mass is 551 g/mol. The highest BCUT2D eigenvalue weighted by Crippen LogP contribution is 2.33. The highest BCUT2D eigenvalue weighted by atomic mass is 32.2. The van der Waals surface area contributed by atoms with E-state index in [4.69, 9.17) is 14.5 Å². The number of nitrogens with zero attached hydrogens (tertiary/aromatic N) is 3. The minimum atomic E-state index is -3.71. The molecule has 0 spiro atoms. The van der Waals surface area contributed by atoms with Crippen LogP contribution in [0.2, 0.25) is 0 Å². The normalized spacial score (nSPS) is 18.4. The van der Waals surface area contributed by atoms with Crippen LogP contribution in [0.25, 0.3) is 10.2 Å². The van der Waals surface area contributed by atoms with Crippen molar-refractivity contribution in [3.05, 3.63) is 83.9 Å². The van der Waals surface area contributed by atoms with Crippen molar-refractivity contribution in [1.29, 1.82) is 0 Å². The predicted molar refractivity (Wildman–Crippen MR) is 148 cm³/mol. The van der Waals surface area contributed by atoms with E-state index in [0.717, 1.165) is 21.5 Å². The van der Waals surface area contributed by atoms with Crippen LogP contribution >= 0.6 is 11.3 Å². The van der Waals surface area contributed by atoms with Crippen LogP contribution < -0.4 is 9.64 Å². The van der Waals surface area contributed by atoms with Crippen molar-refractivity contribution in [2.45, 2.75) is 37.5 Å². The van der Waals surface area contributed by atoms with Gasteiger partial charge in [-0.3, -0.25) is 9.69 Å². The molecule has 1 aliphatic rings. The Morgan fingerprint density at radius 3 is 2.39 bits per heavy atom. The number of fused-ring (bicyclic) bond motifs is 1. The Morgan fingerprint density at radius 2 is 1.74 bits per heavy atom. The van der Waals surface area contributed by atoms with Gasteiger partial charge in [0.2, 0.25) is 10.0 Å². The van der Waals surface area contributed by atoms with Crippen LogP contribution in [0.1, 0.15) is 29.8 Å². The number of thiazole rings is 1. The number of carbonyl (C=O) groups is 1. The number of amides is 1. The number of hydrogen-bond donors (Lipinski definition) is 0. The van der Waals surface area contributed by atoms with Gasteiger partial charge in [0.25, 0.3) is 5.91 Å². The fourth-order valence-electron chi connectivity index (χ4n) is 4.53. The smallest absolute Gasteiger partial charge is 0.260 e. The SMILES string of the molecule is COc1ccc2nc(N(Cc3ccccc3)C(=O)c3ccc(S(=O)(=O)N4CC(C)OC(C)C4)cc3)sc2c1. The van der Waals surface area contributed by atoms with Gasteiger partial charge in [-0.05, 0) is 61.9 Å². The van der Waals surface area contributed by atoms with Crippen LogP contribution in [-0.2, 0) is 21.3 Å². The van der Waals surface area contributed by atoms with E-state index < -0.39 is 10.0 Å². The molecule has 1 fully saturated rings. The predicted octanol–water partition coefficient (Wildman–Crippen LogP) is 4.95. The number of ether oxygens (including phenoxy) is 2. The average molecular weight is 552 g/mol. The molecule has 8 nitrogen and oxygen atoms in total. The third-order valence-corrected chi connectivity index (χ3v) is 9.26. The number of rotatable bonds is 7. The lowest BCUT2D eigenvalue weighted by Gasteiger charge is -2.34. The lowest BCUT2D eigenvalue weighted by molar-refractivity contribution is -0.0440. The summed E-state index contributed by atoms with van der Waals surface area (Å²) in [6.45, 7) is 4.63. The first-order valence-electron chi connectivity index (χ1n) is 12.3. The quantitative estimate of drug-likeness (QED) is 0.323. The molecular formula is C28H29N3O5S2. The van der Waals surface area contributed by atoms with Gasteiger partial charge in [-0.2, -0.15) is 4.31 Å². The summed E-state index contributed by atoms with van der Waals surface area (Å²) in [5.74, 6) is 0.451. The lowest BCUT2D eigenvalue weighted by Crippen LogP contribution is -2.48. The minimum absolute atomic E-state index is 0.150. The first-order valence-corrected chi connectivity index (χ1v) is 14.6. The van der Waals surface area contributed by atoms with Crippen molar-refractivity contribution in [1.82, 2.24) is 9.29 Å². The van der Waals surface area contributed by atoms with E-state index in [9.17, 15) is 13.2 Å². The second kappa shape index (κ2) is 10.8. The van der Waals surface area contributed by atoms with Gasteiger partial charge in [-0.1, -0.05) is 41.7 Å². The van der Waals surface area contributed by atoms with Crippen molar-refractivity contribution < 1.29 is 22.7 Å². The van der Waals surface area contributed by atoms with Gasteiger partial charge in [-0.25, -0.2) is 13.4 Å². The number of anilines is 1. The first-order chi connectivity index (χ1) is 18.2. The van der Waals surface area contributed by atoms with Gasteiger partial charge in [0.1, 0.15) is 5.75 Å². The van der Waals surface area contributed by atoms with Crippen molar-refractivity contribution >= 4 is 42.6 Å². The summed E-state index contributed by atoms with van der Waals surface area (Å²) in [7, 11) is -2.10. The number of benzene rings is 3. The number of carbonyl (C=O) groups excluding carboxylic acids is 1. The zero-order chi connectivity index (χ0) is 26.9. The van der Waals surface area contributed by atoms with E-state index in [1.165, 1.54) is 27.8 Å². The fourth-order valence-corrected chi connectivity index (χ4v) is 7.11. The molecule has 198 valence electrons. The van der Waals surface area contributed by atoms with E-state index >= 15 is 0 Å². The molecule has 1 aliphatic heterocycles. The maximum atomic E-state index is 13.8. The molecule has 2 unspecified atom stereocenters. The molecule has 2 heterocycles. The van der Waals surface area contributed by atoms with Gasteiger partial charge in [-0.15, -0.1) is 0 Å². The zero-order valence-corrected chi connectivity index (χ0v) is 23.0. The third kappa shape index (κ3) is 5.44. The molecule has 0 N–H and O–H groups in total.